The minimum Gasteiger partial charge on any atom is -0.351 e. The quantitative estimate of drug-likeness (QED) is 0.832. The summed E-state index contributed by atoms with van der Waals surface area (Å²) in [6.45, 7) is 0.968. The first-order chi connectivity index (χ1) is 11.1. The number of hydrogen-bond acceptors (Lipinski definition) is 3. The van der Waals surface area contributed by atoms with Crippen molar-refractivity contribution in [1.29, 1.82) is 0 Å². The summed E-state index contributed by atoms with van der Waals surface area (Å²) >= 11 is 0. The van der Waals surface area contributed by atoms with E-state index in [0.29, 0.717) is 24.3 Å². The predicted molar refractivity (Wildman–Crippen MR) is 89.6 cm³/mol. The van der Waals surface area contributed by atoms with E-state index in [9.17, 15) is 9.59 Å². The number of nitrogens with one attached hydrogen (secondary N) is 1. The summed E-state index contributed by atoms with van der Waals surface area (Å²) in [4.78, 5) is 26.4. The molecule has 0 aromatic rings. The Kier molecular flexibility index (Phi) is 5.57. The molecule has 2 amide bonds. The zero-order chi connectivity index (χ0) is 16.2. The number of hydrogen-bond donors (Lipinski definition) is 2. The van der Waals surface area contributed by atoms with Crippen molar-refractivity contribution in [2.45, 2.75) is 76.3 Å². The van der Waals surface area contributed by atoms with Crippen molar-refractivity contribution in [1.82, 2.24) is 10.2 Å². The molecule has 130 valence electrons. The van der Waals surface area contributed by atoms with Crippen molar-refractivity contribution in [3.63, 3.8) is 0 Å². The third-order valence-corrected chi connectivity index (χ3v) is 5.96. The van der Waals surface area contributed by atoms with E-state index in [4.69, 9.17) is 5.73 Å². The van der Waals surface area contributed by atoms with Gasteiger partial charge in [0.25, 0.3) is 0 Å². The van der Waals surface area contributed by atoms with E-state index < -0.39 is 0 Å². The molecule has 5 heteroatoms. The van der Waals surface area contributed by atoms with Crippen molar-refractivity contribution in [2.24, 2.45) is 17.6 Å². The molecule has 2 atom stereocenters. The standard InChI is InChI=1S/C18H31N3O2/c19-15-10-13-6-5-7-14(11-15)18(13)20-16(22)12-21-9-4-2-1-3-8-17(21)23/h13-15,18H,1-12,19H2,(H,20,22). The molecule has 2 bridgehead atoms. The first-order valence-corrected chi connectivity index (χ1v) is 9.46. The molecule has 2 saturated carbocycles. The minimum atomic E-state index is 0.0243. The van der Waals surface area contributed by atoms with Crippen LogP contribution in [0.4, 0.5) is 0 Å². The number of amides is 2. The topological polar surface area (TPSA) is 75.4 Å². The summed E-state index contributed by atoms with van der Waals surface area (Å²) in [5, 5.41) is 3.26. The normalized spacial score (nSPS) is 35.3. The van der Waals surface area contributed by atoms with Crippen LogP contribution in [-0.4, -0.2) is 41.9 Å². The second-order valence-corrected chi connectivity index (χ2v) is 7.76. The molecular weight excluding hydrogens is 290 g/mol. The van der Waals surface area contributed by atoms with Crippen molar-refractivity contribution in [3.05, 3.63) is 0 Å². The second kappa shape index (κ2) is 7.65. The average Bonchev–Trinajstić information content (AvgIpc) is 2.48. The molecule has 3 aliphatic rings. The summed E-state index contributed by atoms with van der Waals surface area (Å²) < 4.78 is 0. The molecule has 3 N–H and O–H groups in total. The van der Waals surface area contributed by atoms with E-state index in [2.05, 4.69) is 5.32 Å². The van der Waals surface area contributed by atoms with Gasteiger partial charge in [0.05, 0.1) is 6.54 Å². The Morgan fingerprint density at radius 2 is 1.78 bits per heavy atom. The molecule has 0 aromatic carbocycles. The Labute approximate surface area is 139 Å². The van der Waals surface area contributed by atoms with Gasteiger partial charge in [-0.2, -0.15) is 0 Å². The molecule has 3 fully saturated rings. The molecule has 3 rings (SSSR count). The predicted octanol–water partition coefficient (Wildman–Crippen LogP) is 1.80. The molecule has 5 nitrogen and oxygen atoms in total. The van der Waals surface area contributed by atoms with E-state index in [1.54, 1.807) is 4.90 Å². The highest BCUT2D eigenvalue weighted by Crippen LogP contribution is 2.39. The minimum absolute atomic E-state index is 0.0243. The monoisotopic (exact) mass is 321 g/mol. The lowest BCUT2D eigenvalue weighted by atomic mass is 9.67. The van der Waals surface area contributed by atoms with Crippen LogP contribution in [0.25, 0.3) is 0 Å². The highest BCUT2D eigenvalue weighted by atomic mass is 16.2. The highest BCUT2D eigenvalue weighted by Gasteiger charge is 2.40. The number of carbonyl (C=O) groups excluding carboxylic acids is 2. The summed E-state index contributed by atoms with van der Waals surface area (Å²) in [6.07, 6.45) is 10.6. The fourth-order valence-electron chi connectivity index (χ4n) is 4.81. The highest BCUT2D eigenvalue weighted by molar-refractivity contribution is 5.85. The lowest BCUT2D eigenvalue weighted by molar-refractivity contribution is -0.137. The van der Waals surface area contributed by atoms with Crippen LogP contribution in [0.2, 0.25) is 0 Å². The van der Waals surface area contributed by atoms with Crippen LogP contribution >= 0.6 is 0 Å². The molecule has 1 heterocycles. The van der Waals surface area contributed by atoms with Gasteiger partial charge in [-0.1, -0.05) is 19.3 Å². The number of fused-ring (bicyclic) bond motifs is 2. The van der Waals surface area contributed by atoms with E-state index >= 15 is 0 Å². The van der Waals surface area contributed by atoms with Gasteiger partial charge < -0.3 is 16.0 Å². The van der Waals surface area contributed by atoms with Crippen molar-refractivity contribution >= 4 is 11.8 Å². The van der Waals surface area contributed by atoms with Gasteiger partial charge in [0.1, 0.15) is 0 Å². The molecule has 0 radical (unpaired) electrons. The summed E-state index contributed by atoms with van der Waals surface area (Å²) in [5.74, 6) is 1.23. The molecule has 1 saturated heterocycles. The molecular formula is C18H31N3O2. The Morgan fingerprint density at radius 1 is 1.09 bits per heavy atom. The van der Waals surface area contributed by atoms with Gasteiger partial charge in [-0.15, -0.1) is 0 Å². The van der Waals surface area contributed by atoms with E-state index in [1.807, 2.05) is 0 Å². The van der Waals surface area contributed by atoms with Crippen LogP contribution in [0.5, 0.6) is 0 Å². The van der Waals surface area contributed by atoms with Crippen molar-refractivity contribution < 1.29 is 9.59 Å². The Balaban J connectivity index is 1.55. The van der Waals surface area contributed by atoms with Gasteiger partial charge in [-0.25, -0.2) is 0 Å². The van der Waals surface area contributed by atoms with Gasteiger partial charge >= 0.3 is 0 Å². The van der Waals surface area contributed by atoms with Crippen molar-refractivity contribution in [3.8, 4) is 0 Å². The van der Waals surface area contributed by atoms with E-state index in [0.717, 1.165) is 45.1 Å². The van der Waals surface area contributed by atoms with Crippen LogP contribution in [0, 0.1) is 11.8 Å². The maximum Gasteiger partial charge on any atom is 0.239 e. The molecule has 0 spiro atoms. The first-order valence-electron chi connectivity index (χ1n) is 9.46. The van der Waals surface area contributed by atoms with Crippen LogP contribution in [0.1, 0.15) is 64.2 Å². The summed E-state index contributed by atoms with van der Waals surface area (Å²) in [7, 11) is 0. The maximum absolute atomic E-state index is 12.5. The maximum atomic E-state index is 12.5. The second-order valence-electron chi connectivity index (χ2n) is 7.76. The number of nitrogens with two attached hydrogens (primary N) is 1. The molecule has 0 aromatic heterocycles. The van der Waals surface area contributed by atoms with E-state index in [1.165, 1.54) is 19.3 Å². The lowest BCUT2D eigenvalue weighted by Crippen LogP contribution is -2.55. The fourth-order valence-corrected chi connectivity index (χ4v) is 4.81. The summed E-state index contributed by atoms with van der Waals surface area (Å²) in [5.41, 5.74) is 6.15. The third-order valence-electron chi connectivity index (χ3n) is 5.96. The van der Waals surface area contributed by atoms with Gasteiger partial charge in [0.2, 0.25) is 11.8 Å². The molecule has 2 aliphatic carbocycles. The van der Waals surface area contributed by atoms with Gasteiger partial charge in [0, 0.05) is 25.0 Å². The zero-order valence-corrected chi connectivity index (χ0v) is 14.1. The third kappa shape index (κ3) is 4.25. The van der Waals surface area contributed by atoms with Gasteiger partial charge in [-0.3, -0.25) is 9.59 Å². The van der Waals surface area contributed by atoms with Crippen LogP contribution in [-0.2, 0) is 9.59 Å². The lowest BCUT2D eigenvalue weighted by Gasteiger charge is -2.45. The Morgan fingerprint density at radius 3 is 2.52 bits per heavy atom. The molecule has 1 aliphatic heterocycles. The first kappa shape index (κ1) is 16.7. The van der Waals surface area contributed by atoms with Crippen LogP contribution in [0.15, 0.2) is 0 Å². The van der Waals surface area contributed by atoms with E-state index in [-0.39, 0.29) is 24.4 Å². The fraction of sp³-hybridized carbons (Fsp3) is 0.889. The van der Waals surface area contributed by atoms with Crippen LogP contribution < -0.4 is 11.1 Å². The average molecular weight is 321 g/mol. The summed E-state index contributed by atoms with van der Waals surface area (Å²) in [6, 6.07) is 0.579. The molecule has 23 heavy (non-hydrogen) atoms. The Hall–Kier alpha value is -1.10. The zero-order valence-electron chi connectivity index (χ0n) is 14.1. The van der Waals surface area contributed by atoms with Gasteiger partial charge in [-0.05, 0) is 50.4 Å². The number of nitrogens with zero attached hydrogens (tertiary/aromatic N) is 1. The Bertz CT molecular complexity index is 426. The van der Waals surface area contributed by atoms with Crippen molar-refractivity contribution in [2.75, 3.05) is 13.1 Å². The number of likely N-dealkylation sites (tertiary alicyclic amines) is 1. The molecule has 2 unspecified atom stereocenters. The largest absolute Gasteiger partial charge is 0.351 e. The van der Waals surface area contributed by atoms with Crippen LogP contribution in [0.3, 0.4) is 0 Å². The number of carbonyl (C=O) groups is 2. The smallest absolute Gasteiger partial charge is 0.239 e. The van der Waals surface area contributed by atoms with Gasteiger partial charge in [0.15, 0.2) is 0 Å². The SMILES string of the molecule is NC1CC2CCCC(C1)C2NC(=O)CN1CCCCCCC1=O. The number of rotatable bonds is 3.